The molecule has 0 aromatic carbocycles. The predicted molar refractivity (Wildman–Crippen MR) is 85.4 cm³/mol. The van der Waals surface area contributed by atoms with Crippen molar-refractivity contribution in [2.45, 2.75) is 39.8 Å². The number of rotatable bonds is 6. The van der Waals surface area contributed by atoms with Crippen molar-refractivity contribution in [3.63, 3.8) is 0 Å². The van der Waals surface area contributed by atoms with Crippen molar-refractivity contribution in [1.29, 1.82) is 0 Å². The van der Waals surface area contributed by atoms with E-state index in [2.05, 4.69) is 36.0 Å². The van der Waals surface area contributed by atoms with Crippen LogP contribution in [-0.4, -0.2) is 37.8 Å². The smallest absolute Gasteiger partial charge is 0.185 e. The maximum Gasteiger partial charge on any atom is 0.185 e. The summed E-state index contributed by atoms with van der Waals surface area (Å²) < 4.78 is 5.03. The molecule has 1 N–H and O–H groups in total. The number of methoxy groups -OCH3 is 1. The number of nitrogens with one attached hydrogen (secondary N) is 1. The minimum atomic E-state index is 0.589. The Balaban J connectivity index is 1.93. The predicted octanol–water partition coefficient (Wildman–Crippen LogP) is 2.75. The molecular formula is C15H27N3OS. The van der Waals surface area contributed by atoms with Crippen LogP contribution >= 0.6 is 11.3 Å². The van der Waals surface area contributed by atoms with Crippen molar-refractivity contribution in [2.75, 3.05) is 31.7 Å². The van der Waals surface area contributed by atoms with Crippen molar-refractivity contribution in [3.8, 4) is 0 Å². The molecule has 0 aliphatic carbocycles. The molecule has 0 radical (unpaired) electrons. The van der Waals surface area contributed by atoms with E-state index in [1.807, 2.05) is 17.5 Å². The fraction of sp³-hybridized carbons (Fsp3) is 0.800. The number of hydrogen-bond acceptors (Lipinski definition) is 5. The van der Waals surface area contributed by atoms with E-state index in [0.717, 1.165) is 38.1 Å². The molecule has 1 aromatic heterocycles. The Kier molecular flexibility index (Phi) is 5.81. The van der Waals surface area contributed by atoms with Gasteiger partial charge in [-0.05, 0) is 25.2 Å². The Hall–Kier alpha value is -0.650. The van der Waals surface area contributed by atoms with Gasteiger partial charge in [-0.3, -0.25) is 0 Å². The van der Waals surface area contributed by atoms with Gasteiger partial charge >= 0.3 is 0 Å². The summed E-state index contributed by atoms with van der Waals surface area (Å²) >= 11 is 1.82. The average molecular weight is 297 g/mol. The Bertz CT molecular complexity index is 410. The summed E-state index contributed by atoms with van der Waals surface area (Å²) in [5.41, 5.74) is 0. The quantitative estimate of drug-likeness (QED) is 0.819. The molecule has 1 aliphatic heterocycles. The van der Waals surface area contributed by atoms with Crippen LogP contribution in [0.5, 0.6) is 0 Å². The minimum absolute atomic E-state index is 0.589. The van der Waals surface area contributed by atoms with Gasteiger partial charge in [0.05, 0.1) is 6.61 Å². The zero-order valence-electron chi connectivity index (χ0n) is 13.1. The molecule has 0 spiro atoms. The van der Waals surface area contributed by atoms with Crippen LogP contribution in [0.15, 0.2) is 6.20 Å². The van der Waals surface area contributed by atoms with Gasteiger partial charge in [-0.1, -0.05) is 13.8 Å². The summed E-state index contributed by atoms with van der Waals surface area (Å²) in [6.45, 7) is 10.7. The monoisotopic (exact) mass is 297 g/mol. The van der Waals surface area contributed by atoms with Crippen LogP contribution in [0.3, 0.4) is 0 Å². The van der Waals surface area contributed by atoms with E-state index in [1.54, 1.807) is 7.11 Å². The van der Waals surface area contributed by atoms with Gasteiger partial charge in [0.25, 0.3) is 0 Å². The van der Waals surface area contributed by atoms with Crippen LogP contribution in [0.4, 0.5) is 5.13 Å². The zero-order valence-corrected chi connectivity index (χ0v) is 13.9. The number of aromatic nitrogens is 1. The third kappa shape index (κ3) is 3.93. The van der Waals surface area contributed by atoms with Crippen LogP contribution in [-0.2, 0) is 11.3 Å². The molecule has 1 aliphatic rings. The molecule has 2 rings (SSSR count). The second-order valence-corrected chi connectivity index (χ2v) is 7.08. The number of hydrogen-bond donors (Lipinski definition) is 1. The summed E-state index contributed by atoms with van der Waals surface area (Å²) in [6, 6.07) is 0.589. The standard InChI is InChI=1S/C15H27N3OS/c1-11-7-12(2)13(3)18(10-11)15-17-9-14(20-15)8-16-5-6-19-4/h9,11-13,16H,5-8,10H2,1-4H3. The molecule has 20 heavy (non-hydrogen) atoms. The van der Waals surface area contributed by atoms with Crippen molar-refractivity contribution < 1.29 is 4.74 Å². The molecule has 0 saturated carbocycles. The van der Waals surface area contributed by atoms with Crippen LogP contribution in [0.25, 0.3) is 0 Å². The van der Waals surface area contributed by atoms with Gasteiger partial charge in [0, 0.05) is 43.9 Å². The summed E-state index contributed by atoms with van der Waals surface area (Å²) in [4.78, 5) is 8.42. The van der Waals surface area contributed by atoms with Crippen LogP contribution in [0, 0.1) is 11.8 Å². The Labute approximate surface area is 126 Å². The number of thiazole rings is 1. The minimum Gasteiger partial charge on any atom is -0.383 e. The zero-order chi connectivity index (χ0) is 14.5. The van der Waals surface area contributed by atoms with Gasteiger partial charge in [0.15, 0.2) is 5.13 Å². The molecule has 114 valence electrons. The number of nitrogens with zero attached hydrogens (tertiary/aromatic N) is 2. The highest BCUT2D eigenvalue weighted by Crippen LogP contribution is 2.33. The van der Waals surface area contributed by atoms with Gasteiger partial charge in [-0.25, -0.2) is 4.98 Å². The molecule has 3 unspecified atom stereocenters. The van der Waals surface area contributed by atoms with Gasteiger partial charge in [-0.15, -0.1) is 11.3 Å². The van der Waals surface area contributed by atoms with E-state index in [4.69, 9.17) is 4.74 Å². The van der Waals surface area contributed by atoms with Crippen molar-refractivity contribution >= 4 is 16.5 Å². The summed E-state index contributed by atoms with van der Waals surface area (Å²) in [5.74, 6) is 1.50. The normalized spacial score (nSPS) is 27.0. The highest BCUT2D eigenvalue weighted by molar-refractivity contribution is 7.15. The highest BCUT2D eigenvalue weighted by Gasteiger charge is 2.30. The molecular weight excluding hydrogens is 270 g/mol. The van der Waals surface area contributed by atoms with E-state index in [1.165, 1.54) is 16.4 Å². The second kappa shape index (κ2) is 7.38. The Morgan fingerprint density at radius 1 is 1.45 bits per heavy atom. The lowest BCUT2D eigenvalue weighted by Crippen LogP contribution is -2.45. The molecule has 0 amide bonds. The van der Waals surface area contributed by atoms with E-state index < -0.39 is 0 Å². The molecule has 4 nitrogen and oxygen atoms in total. The Morgan fingerprint density at radius 3 is 3.00 bits per heavy atom. The first-order valence-corrected chi connectivity index (χ1v) is 8.34. The lowest BCUT2D eigenvalue weighted by molar-refractivity contribution is 0.199. The van der Waals surface area contributed by atoms with Gasteiger partial charge in [0.1, 0.15) is 0 Å². The van der Waals surface area contributed by atoms with Crippen LogP contribution < -0.4 is 10.2 Å². The molecule has 5 heteroatoms. The summed E-state index contributed by atoms with van der Waals surface area (Å²) in [6.07, 6.45) is 3.34. The number of ether oxygens (including phenoxy) is 1. The first-order chi connectivity index (χ1) is 9.61. The van der Waals surface area contributed by atoms with Gasteiger partial charge in [0.2, 0.25) is 0 Å². The average Bonchev–Trinajstić information content (AvgIpc) is 2.87. The van der Waals surface area contributed by atoms with Gasteiger partial charge in [-0.2, -0.15) is 0 Å². The van der Waals surface area contributed by atoms with Crippen molar-refractivity contribution in [3.05, 3.63) is 11.1 Å². The molecule has 1 fully saturated rings. The molecule has 1 aromatic rings. The number of piperidine rings is 1. The lowest BCUT2D eigenvalue weighted by atomic mass is 9.86. The second-order valence-electron chi connectivity index (χ2n) is 5.99. The molecule has 2 heterocycles. The fourth-order valence-corrected chi connectivity index (χ4v) is 3.84. The van der Waals surface area contributed by atoms with E-state index >= 15 is 0 Å². The summed E-state index contributed by atoms with van der Waals surface area (Å²) in [7, 11) is 1.73. The van der Waals surface area contributed by atoms with E-state index in [-0.39, 0.29) is 0 Å². The first kappa shape index (κ1) is 15.7. The van der Waals surface area contributed by atoms with Gasteiger partial charge < -0.3 is 15.0 Å². The van der Waals surface area contributed by atoms with E-state index in [9.17, 15) is 0 Å². The molecule has 1 saturated heterocycles. The first-order valence-electron chi connectivity index (χ1n) is 7.52. The van der Waals surface area contributed by atoms with Crippen molar-refractivity contribution in [1.82, 2.24) is 10.3 Å². The maximum absolute atomic E-state index is 5.03. The molecule has 0 bridgehead atoms. The van der Waals surface area contributed by atoms with Crippen LogP contribution in [0.1, 0.15) is 32.1 Å². The Morgan fingerprint density at radius 2 is 2.25 bits per heavy atom. The summed E-state index contributed by atoms with van der Waals surface area (Å²) in [5, 5.41) is 4.55. The topological polar surface area (TPSA) is 37.4 Å². The third-order valence-corrected chi connectivity index (χ3v) is 5.20. The number of anilines is 1. The van der Waals surface area contributed by atoms with Crippen molar-refractivity contribution in [2.24, 2.45) is 11.8 Å². The fourth-order valence-electron chi connectivity index (χ4n) is 2.87. The highest BCUT2D eigenvalue weighted by atomic mass is 32.1. The molecule has 3 atom stereocenters. The largest absolute Gasteiger partial charge is 0.383 e. The lowest BCUT2D eigenvalue weighted by Gasteiger charge is -2.41. The maximum atomic E-state index is 5.03. The van der Waals surface area contributed by atoms with E-state index in [0.29, 0.717) is 6.04 Å². The van der Waals surface area contributed by atoms with Crippen LogP contribution in [0.2, 0.25) is 0 Å². The third-order valence-electron chi connectivity index (χ3n) is 4.17. The SMILES string of the molecule is COCCNCc1cnc(N2CC(C)CC(C)C2C)s1.